The predicted molar refractivity (Wildman–Crippen MR) is 127 cm³/mol. The first-order valence-corrected chi connectivity index (χ1v) is 10.6. The number of rotatable bonds is 6. The fourth-order valence-electron chi connectivity index (χ4n) is 3.56. The summed E-state index contributed by atoms with van der Waals surface area (Å²) < 4.78 is 5.68. The third-order valence-corrected chi connectivity index (χ3v) is 5.52. The number of anilines is 2. The van der Waals surface area contributed by atoms with E-state index in [0.29, 0.717) is 16.5 Å². The van der Waals surface area contributed by atoms with E-state index in [2.05, 4.69) is 5.32 Å². The maximum atomic E-state index is 12.9. The quantitative estimate of drug-likeness (QED) is 0.383. The molecular weight excluding hydrogens is 480 g/mol. The SMILES string of the molecule is CC1Oc2ccc(NC(=O)c3cc([N+](=O)[O-])cc([N+](=O)[O-])c3)cc2N(Cc2ccc(Cl)cc2)C1=O. The number of nitrogens with zero attached hydrogens (tertiary/aromatic N) is 3. The van der Waals surface area contributed by atoms with Crippen molar-refractivity contribution in [3.05, 3.63) is 97.0 Å². The highest BCUT2D eigenvalue weighted by Gasteiger charge is 2.32. The van der Waals surface area contributed by atoms with Crippen LogP contribution < -0.4 is 15.0 Å². The highest BCUT2D eigenvalue weighted by Crippen LogP contribution is 2.37. The Kier molecular flexibility index (Phi) is 6.34. The summed E-state index contributed by atoms with van der Waals surface area (Å²) in [6.07, 6.45) is -0.722. The van der Waals surface area contributed by atoms with E-state index in [1.165, 1.54) is 17.0 Å². The van der Waals surface area contributed by atoms with E-state index in [0.717, 1.165) is 23.8 Å². The van der Waals surface area contributed by atoms with Gasteiger partial charge in [0.1, 0.15) is 5.75 Å². The number of carbonyl (C=O) groups is 2. The zero-order valence-corrected chi connectivity index (χ0v) is 18.9. The van der Waals surface area contributed by atoms with Gasteiger partial charge >= 0.3 is 0 Å². The number of hydrogen-bond acceptors (Lipinski definition) is 7. The van der Waals surface area contributed by atoms with E-state index in [4.69, 9.17) is 16.3 Å². The van der Waals surface area contributed by atoms with Crippen LogP contribution in [-0.4, -0.2) is 27.8 Å². The first kappa shape index (κ1) is 23.6. The molecule has 1 N–H and O–H groups in total. The summed E-state index contributed by atoms with van der Waals surface area (Å²) in [6, 6.07) is 14.3. The van der Waals surface area contributed by atoms with Gasteiger partial charge in [-0.25, -0.2) is 0 Å². The first-order chi connectivity index (χ1) is 16.6. The average Bonchev–Trinajstić information content (AvgIpc) is 2.83. The lowest BCUT2D eigenvalue weighted by atomic mass is 10.1. The predicted octanol–water partition coefficient (Wildman–Crippen LogP) is 4.72. The molecule has 0 bridgehead atoms. The van der Waals surface area contributed by atoms with Crippen molar-refractivity contribution in [1.82, 2.24) is 0 Å². The van der Waals surface area contributed by atoms with Gasteiger partial charge in [0.05, 0.1) is 33.7 Å². The molecule has 4 rings (SSSR count). The van der Waals surface area contributed by atoms with E-state index < -0.39 is 33.2 Å². The summed E-state index contributed by atoms with van der Waals surface area (Å²) >= 11 is 5.95. The number of hydrogen-bond donors (Lipinski definition) is 1. The molecule has 0 radical (unpaired) electrons. The van der Waals surface area contributed by atoms with Gasteiger partial charge < -0.3 is 15.0 Å². The third kappa shape index (κ3) is 5.04. The van der Waals surface area contributed by atoms with Crippen LogP contribution in [0.15, 0.2) is 60.7 Å². The highest BCUT2D eigenvalue weighted by atomic mass is 35.5. The number of nitro groups is 2. The zero-order valence-electron chi connectivity index (χ0n) is 18.1. The summed E-state index contributed by atoms with van der Waals surface area (Å²) in [4.78, 5) is 47.8. The molecule has 3 aromatic rings. The van der Waals surface area contributed by atoms with Gasteiger partial charge in [-0.1, -0.05) is 23.7 Å². The van der Waals surface area contributed by atoms with Crippen molar-refractivity contribution in [2.24, 2.45) is 0 Å². The number of non-ortho nitro benzene ring substituents is 2. The fourth-order valence-corrected chi connectivity index (χ4v) is 3.69. The molecule has 2 amide bonds. The van der Waals surface area contributed by atoms with Crippen molar-refractivity contribution in [3.63, 3.8) is 0 Å². The zero-order chi connectivity index (χ0) is 25.3. The first-order valence-electron chi connectivity index (χ1n) is 10.2. The van der Waals surface area contributed by atoms with Crippen molar-refractivity contribution in [3.8, 4) is 5.75 Å². The number of nitro benzene ring substituents is 2. The minimum atomic E-state index is -0.818. The maximum Gasteiger partial charge on any atom is 0.277 e. The molecule has 0 aliphatic carbocycles. The Morgan fingerprint density at radius 3 is 2.26 bits per heavy atom. The van der Waals surface area contributed by atoms with Crippen LogP contribution in [0.4, 0.5) is 22.7 Å². The van der Waals surface area contributed by atoms with Crippen LogP contribution in [0.1, 0.15) is 22.8 Å². The average molecular weight is 497 g/mol. The highest BCUT2D eigenvalue weighted by molar-refractivity contribution is 6.30. The molecule has 1 unspecified atom stereocenters. The van der Waals surface area contributed by atoms with Crippen LogP contribution in [-0.2, 0) is 11.3 Å². The topological polar surface area (TPSA) is 145 Å². The molecular formula is C23H17ClN4O7. The number of nitrogens with one attached hydrogen (secondary N) is 1. The molecule has 0 spiro atoms. The number of carbonyl (C=O) groups excluding carboxylic acids is 2. The second-order valence-corrected chi connectivity index (χ2v) is 8.14. The monoisotopic (exact) mass is 496 g/mol. The van der Waals surface area contributed by atoms with Crippen molar-refractivity contribution in [2.45, 2.75) is 19.6 Å². The number of fused-ring (bicyclic) bond motifs is 1. The van der Waals surface area contributed by atoms with Crippen molar-refractivity contribution < 1.29 is 24.2 Å². The Bertz CT molecular complexity index is 1330. The number of halogens is 1. The van der Waals surface area contributed by atoms with Crippen molar-refractivity contribution >= 4 is 46.2 Å². The number of ether oxygens (including phenoxy) is 1. The minimum Gasteiger partial charge on any atom is -0.479 e. The molecule has 1 aliphatic heterocycles. The van der Waals surface area contributed by atoms with Crippen molar-refractivity contribution in [1.29, 1.82) is 0 Å². The van der Waals surface area contributed by atoms with Gasteiger partial charge in [0.15, 0.2) is 6.10 Å². The Balaban J connectivity index is 1.65. The Hall–Kier alpha value is -4.51. The summed E-state index contributed by atoms with van der Waals surface area (Å²) in [5.74, 6) is -0.655. The minimum absolute atomic E-state index is 0.227. The molecule has 11 nitrogen and oxygen atoms in total. The molecule has 0 fully saturated rings. The molecule has 178 valence electrons. The smallest absolute Gasteiger partial charge is 0.277 e. The van der Waals surface area contributed by atoms with Crippen LogP contribution in [0.5, 0.6) is 5.75 Å². The van der Waals surface area contributed by atoms with Gasteiger partial charge in [0, 0.05) is 22.8 Å². The van der Waals surface area contributed by atoms with Crippen LogP contribution >= 0.6 is 11.6 Å². The van der Waals surface area contributed by atoms with E-state index in [-0.39, 0.29) is 23.7 Å². The van der Waals surface area contributed by atoms with E-state index in [1.54, 1.807) is 37.3 Å². The van der Waals surface area contributed by atoms with Gasteiger partial charge in [-0.15, -0.1) is 0 Å². The lowest BCUT2D eigenvalue weighted by Gasteiger charge is -2.33. The normalized spacial score (nSPS) is 14.6. The molecule has 12 heteroatoms. The van der Waals surface area contributed by atoms with Crippen LogP contribution in [0.25, 0.3) is 0 Å². The maximum absolute atomic E-state index is 12.9. The lowest BCUT2D eigenvalue weighted by Crippen LogP contribution is -2.44. The Morgan fingerprint density at radius 1 is 1.03 bits per heavy atom. The largest absolute Gasteiger partial charge is 0.479 e. The fraction of sp³-hybridized carbons (Fsp3) is 0.130. The van der Waals surface area contributed by atoms with Gasteiger partial charge in [0.2, 0.25) is 0 Å². The van der Waals surface area contributed by atoms with Crippen LogP contribution in [0.2, 0.25) is 5.02 Å². The second-order valence-electron chi connectivity index (χ2n) is 7.70. The number of amides is 2. The Labute approximate surface area is 203 Å². The molecule has 0 saturated carbocycles. The van der Waals surface area contributed by atoms with Gasteiger partial charge in [0.25, 0.3) is 23.2 Å². The van der Waals surface area contributed by atoms with Gasteiger partial charge in [-0.05, 0) is 42.8 Å². The standard InChI is InChI=1S/C23H17ClN4O7/c1-13-23(30)26(12-14-2-4-16(24)5-3-14)20-10-17(6-7-21(20)35-13)25-22(29)15-8-18(27(31)32)11-19(9-15)28(33)34/h2-11,13H,12H2,1H3,(H,25,29). The van der Waals surface area contributed by atoms with E-state index >= 15 is 0 Å². The van der Waals surface area contributed by atoms with E-state index in [9.17, 15) is 29.8 Å². The molecule has 3 aromatic carbocycles. The van der Waals surface area contributed by atoms with Gasteiger partial charge in [-0.2, -0.15) is 0 Å². The second kappa shape index (κ2) is 9.39. The molecule has 0 saturated heterocycles. The van der Waals surface area contributed by atoms with Gasteiger partial charge in [-0.3, -0.25) is 29.8 Å². The number of benzene rings is 3. The molecule has 1 atom stereocenters. The summed E-state index contributed by atoms with van der Waals surface area (Å²) in [7, 11) is 0. The summed E-state index contributed by atoms with van der Waals surface area (Å²) in [5.41, 5.74) is 0.0541. The third-order valence-electron chi connectivity index (χ3n) is 5.27. The molecule has 0 aromatic heterocycles. The summed E-state index contributed by atoms with van der Waals surface area (Å²) in [5, 5.41) is 25.4. The van der Waals surface area contributed by atoms with Crippen molar-refractivity contribution in [2.75, 3.05) is 10.2 Å². The van der Waals surface area contributed by atoms with Crippen LogP contribution in [0, 0.1) is 20.2 Å². The summed E-state index contributed by atoms with van der Waals surface area (Å²) in [6.45, 7) is 1.86. The van der Waals surface area contributed by atoms with Crippen LogP contribution in [0.3, 0.4) is 0 Å². The molecule has 35 heavy (non-hydrogen) atoms. The molecule has 1 heterocycles. The molecule has 1 aliphatic rings. The van der Waals surface area contributed by atoms with E-state index in [1.807, 2.05) is 0 Å². The Morgan fingerprint density at radius 2 is 1.66 bits per heavy atom. The lowest BCUT2D eigenvalue weighted by molar-refractivity contribution is -0.394.